The largest absolute Gasteiger partial charge is 0.481 e. The van der Waals surface area contributed by atoms with Gasteiger partial charge in [0.2, 0.25) is 5.91 Å². The lowest BCUT2D eigenvalue weighted by Gasteiger charge is -2.20. The van der Waals surface area contributed by atoms with Crippen molar-refractivity contribution in [3.05, 3.63) is 6.42 Å². The lowest BCUT2D eigenvalue weighted by molar-refractivity contribution is -0.138. The Morgan fingerprint density at radius 2 is 2.07 bits per heavy atom. The molecular weight excluding hydrogens is 182 g/mol. The number of hydrogen-bond acceptors (Lipinski definition) is 2. The number of rotatable bonds is 7. The van der Waals surface area contributed by atoms with Crippen molar-refractivity contribution in [2.45, 2.75) is 33.1 Å². The van der Waals surface area contributed by atoms with Crippen molar-refractivity contribution in [2.75, 3.05) is 6.54 Å². The molecular formula is C10H18NO3-. The maximum atomic E-state index is 11.1. The predicted molar refractivity (Wildman–Crippen MR) is 53.6 cm³/mol. The second-order valence-corrected chi connectivity index (χ2v) is 3.20. The summed E-state index contributed by atoms with van der Waals surface area (Å²) < 4.78 is 0. The molecule has 0 aromatic carbocycles. The molecule has 14 heavy (non-hydrogen) atoms. The lowest BCUT2D eigenvalue weighted by atomic mass is 10.0. The first kappa shape index (κ1) is 12.9. The van der Waals surface area contributed by atoms with Crippen LogP contribution in [0.1, 0.15) is 33.1 Å². The van der Waals surface area contributed by atoms with Crippen LogP contribution in [0.2, 0.25) is 0 Å². The van der Waals surface area contributed by atoms with Gasteiger partial charge in [-0.2, -0.15) is 6.92 Å². The van der Waals surface area contributed by atoms with E-state index >= 15 is 0 Å². The van der Waals surface area contributed by atoms with E-state index in [0.717, 1.165) is 6.42 Å². The molecule has 1 atom stereocenters. The summed E-state index contributed by atoms with van der Waals surface area (Å²) in [5, 5.41) is 11.1. The monoisotopic (exact) mass is 200 g/mol. The Morgan fingerprint density at radius 1 is 1.43 bits per heavy atom. The van der Waals surface area contributed by atoms with E-state index in [1.807, 2.05) is 20.3 Å². The molecule has 0 radical (unpaired) electrons. The minimum absolute atomic E-state index is 0.0650. The van der Waals surface area contributed by atoms with Gasteiger partial charge in [-0.1, -0.05) is 13.3 Å². The average molecular weight is 200 g/mol. The van der Waals surface area contributed by atoms with E-state index in [1.54, 1.807) is 0 Å². The Labute approximate surface area is 84.7 Å². The second-order valence-electron chi connectivity index (χ2n) is 3.20. The van der Waals surface area contributed by atoms with Crippen LogP contribution in [-0.4, -0.2) is 23.5 Å². The number of carboxylic acids is 1. The van der Waals surface area contributed by atoms with E-state index in [4.69, 9.17) is 5.11 Å². The molecule has 0 bridgehead atoms. The first-order valence-corrected chi connectivity index (χ1v) is 4.88. The van der Waals surface area contributed by atoms with Gasteiger partial charge in [0.05, 0.1) is 6.42 Å². The van der Waals surface area contributed by atoms with Gasteiger partial charge in [0.25, 0.3) is 0 Å². The summed E-state index contributed by atoms with van der Waals surface area (Å²) >= 11 is 0. The molecule has 0 aliphatic carbocycles. The molecule has 2 N–H and O–H groups in total. The van der Waals surface area contributed by atoms with Gasteiger partial charge in [-0.05, 0) is 6.54 Å². The molecule has 0 spiro atoms. The number of hydrogen-bond donors (Lipinski definition) is 2. The minimum atomic E-state index is -0.936. The number of carbonyl (C=O) groups is 2. The lowest BCUT2D eigenvalue weighted by Crippen LogP contribution is -2.29. The molecule has 0 saturated carbocycles. The van der Waals surface area contributed by atoms with E-state index in [2.05, 4.69) is 5.32 Å². The fraction of sp³-hybridized carbons (Fsp3) is 0.700. The fourth-order valence-electron chi connectivity index (χ4n) is 1.05. The van der Waals surface area contributed by atoms with Crippen LogP contribution in [0.4, 0.5) is 0 Å². The van der Waals surface area contributed by atoms with E-state index in [0.29, 0.717) is 12.5 Å². The van der Waals surface area contributed by atoms with Gasteiger partial charge in [0.15, 0.2) is 0 Å². The Balaban J connectivity index is 3.57. The van der Waals surface area contributed by atoms with Crippen LogP contribution in [0.25, 0.3) is 0 Å². The van der Waals surface area contributed by atoms with Crippen LogP contribution in [0, 0.1) is 12.3 Å². The normalized spacial score (nSPS) is 12.1. The molecule has 0 aromatic rings. The summed E-state index contributed by atoms with van der Waals surface area (Å²) in [4.78, 5) is 21.3. The average Bonchev–Trinajstić information content (AvgIpc) is 2.16. The molecule has 0 aromatic heterocycles. The van der Waals surface area contributed by atoms with Gasteiger partial charge >= 0.3 is 5.97 Å². The van der Waals surface area contributed by atoms with Gasteiger partial charge in [-0.15, -0.1) is 5.92 Å². The molecule has 0 rings (SSSR count). The Morgan fingerprint density at radius 3 is 2.50 bits per heavy atom. The molecule has 0 aliphatic rings. The van der Waals surface area contributed by atoms with E-state index in [9.17, 15) is 9.59 Å². The van der Waals surface area contributed by atoms with Gasteiger partial charge in [0.1, 0.15) is 0 Å². The van der Waals surface area contributed by atoms with Crippen LogP contribution in [-0.2, 0) is 9.59 Å². The maximum Gasteiger partial charge on any atom is 0.303 e. The van der Waals surface area contributed by atoms with Crippen LogP contribution in [0.3, 0.4) is 0 Å². The summed E-state index contributed by atoms with van der Waals surface area (Å²) in [5.41, 5.74) is 0. The van der Waals surface area contributed by atoms with Gasteiger partial charge < -0.3 is 16.8 Å². The molecule has 0 saturated heterocycles. The summed E-state index contributed by atoms with van der Waals surface area (Å²) in [5.74, 6) is -0.745. The summed E-state index contributed by atoms with van der Waals surface area (Å²) in [6.07, 6.45) is 2.99. The fourth-order valence-corrected chi connectivity index (χ4v) is 1.05. The van der Waals surface area contributed by atoms with Gasteiger partial charge in [-0.3, -0.25) is 9.59 Å². The molecule has 0 aliphatic heterocycles. The van der Waals surface area contributed by atoms with Crippen molar-refractivity contribution >= 4 is 11.9 Å². The molecule has 0 fully saturated rings. The number of aliphatic carboxylic acids is 1. The number of carbonyl (C=O) groups excluding carboxylic acids is 1. The van der Waals surface area contributed by atoms with E-state index < -0.39 is 5.97 Å². The quantitative estimate of drug-likeness (QED) is 0.607. The minimum Gasteiger partial charge on any atom is -0.481 e. The van der Waals surface area contributed by atoms with Crippen LogP contribution in [0.15, 0.2) is 0 Å². The van der Waals surface area contributed by atoms with Crippen molar-refractivity contribution in [3.63, 3.8) is 0 Å². The second kappa shape index (κ2) is 7.35. The standard InChI is InChI=1S/C10H18NO3/c1-3-8(4-2)7-11-9(12)5-6-10(13)14/h3,8H,4-7H2,1-2H3,(H,11,12)(H,13,14)/q-1. The van der Waals surface area contributed by atoms with E-state index in [1.165, 1.54) is 0 Å². The highest BCUT2D eigenvalue weighted by Crippen LogP contribution is 2.04. The zero-order valence-electron chi connectivity index (χ0n) is 8.75. The molecule has 4 heteroatoms. The highest BCUT2D eigenvalue weighted by Gasteiger charge is 2.04. The van der Waals surface area contributed by atoms with Crippen molar-refractivity contribution in [1.29, 1.82) is 0 Å². The van der Waals surface area contributed by atoms with Crippen molar-refractivity contribution in [2.24, 2.45) is 5.92 Å². The van der Waals surface area contributed by atoms with Gasteiger partial charge in [-0.25, -0.2) is 0 Å². The summed E-state index contributed by atoms with van der Waals surface area (Å²) in [6, 6.07) is 0. The zero-order valence-corrected chi connectivity index (χ0v) is 8.75. The zero-order chi connectivity index (χ0) is 11.0. The highest BCUT2D eigenvalue weighted by molar-refractivity contribution is 5.80. The first-order valence-electron chi connectivity index (χ1n) is 4.88. The van der Waals surface area contributed by atoms with Crippen LogP contribution in [0.5, 0.6) is 0 Å². The number of nitrogens with one attached hydrogen (secondary N) is 1. The smallest absolute Gasteiger partial charge is 0.303 e. The SMILES string of the molecule is C[CH-]C(CC)CNC(=O)CCC(=O)O. The molecule has 1 amide bonds. The van der Waals surface area contributed by atoms with Crippen molar-refractivity contribution < 1.29 is 14.7 Å². The van der Waals surface area contributed by atoms with Crippen molar-refractivity contribution in [3.8, 4) is 0 Å². The molecule has 4 nitrogen and oxygen atoms in total. The number of carboxylic acid groups (broad SMARTS) is 1. The van der Waals surface area contributed by atoms with Crippen molar-refractivity contribution in [1.82, 2.24) is 5.32 Å². The van der Waals surface area contributed by atoms with Crippen LogP contribution >= 0.6 is 0 Å². The van der Waals surface area contributed by atoms with Crippen LogP contribution < -0.4 is 5.32 Å². The predicted octanol–water partition coefficient (Wildman–Crippen LogP) is 1.22. The molecule has 0 heterocycles. The Kier molecular flexibility index (Phi) is 6.80. The van der Waals surface area contributed by atoms with Gasteiger partial charge in [0, 0.05) is 6.42 Å². The molecule has 1 unspecified atom stereocenters. The highest BCUT2D eigenvalue weighted by atomic mass is 16.4. The summed E-state index contributed by atoms with van der Waals surface area (Å²) in [6.45, 7) is 4.61. The first-order chi connectivity index (χ1) is 6.60. The summed E-state index contributed by atoms with van der Waals surface area (Å²) in [7, 11) is 0. The number of amides is 1. The third-order valence-corrected chi connectivity index (χ3v) is 2.12. The third-order valence-electron chi connectivity index (χ3n) is 2.12. The maximum absolute atomic E-state index is 11.1. The Bertz CT molecular complexity index is 188. The Hall–Kier alpha value is -1.06. The molecule has 82 valence electrons. The third kappa shape index (κ3) is 6.46. The topological polar surface area (TPSA) is 66.4 Å². The van der Waals surface area contributed by atoms with E-state index in [-0.39, 0.29) is 18.7 Å².